The molecular weight excluding hydrogens is 350 g/mol. The quantitative estimate of drug-likeness (QED) is 0.533. The summed E-state index contributed by atoms with van der Waals surface area (Å²) in [6.07, 6.45) is 3.54. The van der Waals surface area contributed by atoms with Gasteiger partial charge in [-0.15, -0.1) is 0 Å². The molecule has 5 heteroatoms. The van der Waals surface area contributed by atoms with Crippen molar-refractivity contribution in [3.63, 3.8) is 0 Å². The zero-order valence-corrected chi connectivity index (χ0v) is 14.9. The standard InChI is InChI=1S/C23H17N3O2/c27-22(17-6-2-1-3-7-17)19-8-4-9-20(16-19)25-23(28)18-10-12-21(13-11-18)26-15-5-14-24-26/h1-16H,(H,25,28). The van der Waals surface area contributed by atoms with Crippen molar-refractivity contribution < 1.29 is 9.59 Å². The summed E-state index contributed by atoms with van der Waals surface area (Å²) in [4.78, 5) is 25.1. The SMILES string of the molecule is O=C(Nc1cccc(C(=O)c2ccccc2)c1)c1ccc(-n2cccn2)cc1. The van der Waals surface area contributed by atoms with E-state index in [9.17, 15) is 9.59 Å². The van der Waals surface area contributed by atoms with E-state index in [1.807, 2.05) is 42.6 Å². The van der Waals surface area contributed by atoms with Crippen LogP contribution in [0, 0.1) is 0 Å². The van der Waals surface area contributed by atoms with Gasteiger partial charge in [-0.2, -0.15) is 5.10 Å². The summed E-state index contributed by atoms with van der Waals surface area (Å²) in [6.45, 7) is 0. The lowest BCUT2D eigenvalue weighted by Gasteiger charge is -2.08. The third kappa shape index (κ3) is 3.73. The maximum Gasteiger partial charge on any atom is 0.255 e. The van der Waals surface area contributed by atoms with Crippen molar-refractivity contribution >= 4 is 17.4 Å². The number of ketones is 1. The number of carbonyl (C=O) groups excluding carboxylic acids is 2. The molecule has 0 unspecified atom stereocenters. The fourth-order valence-corrected chi connectivity index (χ4v) is 2.88. The summed E-state index contributed by atoms with van der Waals surface area (Å²) in [5.74, 6) is -0.323. The summed E-state index contributed by atoms with van der Waals surface area (Å²) >= 11 is 0. The van der Waals surface area contributed by atoms with Gasteiger partial charge >= 0.3 is 0 Å². The largest absolute Gasteiger partial charge is 0.322 e. The van der Waals surface area contributed by atoms with Crippen LogP contribution in [0.5, 0.6) is 0 Å². The van der Waals surface area contributed by atoms with Crippen LogP contribution < -0.4 is 5.32 Å². The third-order valence-corrected chi connectivity index (χ3v) is 4.32. The van der Waals surface area contributed by atoms with Gasteiger partial charge in [0.15, 0.2) is 5.78 Å². The summed E-state index contributed by atoms with van der Waals surface area (Å²) in [6, 6.07) is 25.0. The van der Waals surface area contributed by atoms with E-state index in [0.717, 1.165) is 5.69 Å². The Balaban J connectivity index is 1.50. The van der Waals surface area contributed by atoms with Gasteiger partial charge in [0, 0.05) is 34.8 Å². The van der Waals surface area contributed by atoms with Crippen molar-refractivity contribution in [2.75, 3.05) is 5.32 Å². The summed E-state index contributed by atoms with van der Waals surface area (Å²) in [5.41, 5.74) is 3.11. The molecule has 0 bridgehead atoms. The lowest BCUT2D eigenvalue weighted by atomic mass is 10.0. The summed E-state index contributed by atoms with van der Waals surface area (Å²) in [5, 5.41) is 7.01. The molecule has 1 amide bonds. The van der Waals surface area contributed by atoms with Crippen LogP contribution in [0.25, 0.3) is 5.69 Å². The first kappa shape index (κ1) is 17.4. The Morgan fingerprint density at radius 1 is 0.750 bits per heavy atom. The zero-order valence-electron chi connectivity index (χ0n) is 14.9. The Bertz CT molecular complexity index is 1100. The molecule has 0 atom stereocenters. The van der Waals surface area contributed by atoms with Gasteiger partial charge in [-0.05, 0) is 42.5 Å². The number of carbonyl (C=O) groups is 2. The fourth-order valence-electron chi connectivity index (χ4n) is 2.88. The summed E-state index contributed by atoms with van der Waals surface area (Å²) < 4.78 is 1.72. The molecule has 0 aliphatic rings. The number of anilines is 1. The van der Waals surface area contributed by atoms with Crippen LogP contribution in [0.15, 0.2) is 97.3 Å². The number of nitrogens with one attached hydrogen (secondary N) is 1. The maximum atomic E-state index is 12.6. The van der Waals surface area contributed by atoms with Crippen LogP contribution in [0.1, 0.15) is 26.3 Å². The van der Waals surface area contributed by atoms with Crippen LogP contribution in [0.2, 0.25) is 0 Å². The van der Waals surface area contributed by atoms with Crippen LogP contribution in [-0.4, -0.2) is 21.5 Å². The molecule has 1 aromatic heterocycles. The summed E-state index contributed by atoms with van der Waals surface area (Å²) in [7, 11) is 0. The highest BCUT2D eigenvalue weighted by Gasteiger charge is 2.11. The molecule has 0 saturated heterocycles. The van der Waals surface area contributed by atoms with Crippen molar-refractivity contribution in [3.05, 3.63) is 114 Å². The van der Waals surface area contributed by atoms with Gasteiger partial charge in [0.1, 0.15) is 0 Å². The number of benzene rings is 3. The van der Waals surface area contributed by atoms with Crippen molar-refractivity contribution in [1.82, 2.24) is 9.78 Å². The predicted molar refractivity (Wildman–Crippen MR) is 108 cm³/mol. The number of amides is 1. The smallest absolute Gasteiger partial charge is 0.255 e. The minimum Gasteiger partial charge on any atom is -0.322 e. The predicted octanol–water partition coefficient (Wildman–Crippen LogP) is 4.36. The molecule has 0 aliphatic carbocycles. The van der Waals surface area contributed by atoms with Crippen LogP contribution >= 0.6 is 0 Å². The van der Waals surface area contributed by atoms with Crippen molar-refractivity contribution in [3.8, 4) is 5.69 Å². The molecule has 0 saturated carbocycles. The lowest BCUT2D eigenvalue weighted by Crippen LogP contribution is -2.12. The first-order valence-corrected chi connectivity index (χ1v) is 8.82. The Morgan fingerprint density at radius 2 is 1.50 bits per heavy atom. The number of hydrogen-bond acceptors (Lipinski definition) is 3. The van der Waals surface area contributed by atoms with E-state index in [1.165, 1.54) is 0 Å². The molecule has 136 valence electrons. The van der Waals surface area contributed by atoms with Crippen LogP contribution in [-0.2, 0) is 0 Å². The topological polar surface area (TPSA) is 64.0 Å². The second kappa shape index (κ2) is 7.72. The minimum absolute atomic E-state index is 0.0831. The Hall–Kier alpha value is -3.99. The number of hydrogen-bond donors (Lipinski definition) is 1. The highest BCUT2D eigenvalue weighted by atomic mass is 16.1. The fraction of sp³-hybridized carbons (Fsp3) is 0. The second-order valence-corrected chi connectivity index (χ2v) is 6.23. The van der Waals surface area contributed by atoms with E-state index in [0.29, 0.717) is 22.4 Å². The second-order valence-electron chi connectivity index (χ2n) is 6.23. The van der Waals surface area contributed by atoms with Gasteiger partial charge in [0.2, 0.25) is 0 Å². The van der Waals surface area contributed by atoms with Crippen molar-refractivity contribution in [1.29, 1.82) is 0 Å². The first-order valence-electron chi connectivity index (χ1n) is 8.82. The molecule has 3 aromatic carbocycles. The van der Waals surface area contributed by atoms with Crippen LogP contribution in [0.3, 0.4) is 0 Å². The molecule has 0 fully saturated rings. The minimum atomic E-state index is -0.240. The van der Waals surface area contributed by atoms with Crippen LogP contribution in [0.4, 0.5) is 5.69 Å². The van der Waals surface area contributed by atoms with Gasteiger partial charge < -0.3 is 5.32 Å². The average Bonchev–Trinajstić information content (AvgIpc) is 3.29. The molecule has 4 rings (SSSR count). The van der Waals surface area contributed by atoms with Gasteiger partial charge in [-0.25, -0.2) is 4.68 Å². The van der Waals surface area contributed by atoms with Gasteiger partial charge in [0.25, 0.3) is 5.91 Å². The zero-order chi connectivity index (χ0) is 19.3. The Kier molecular flexibility index (Phi) is 4.80. The molecule has 0 radical (unpaired) electrons. The molecule has 5 nitrogen and oxygen atoms in total. The van der Waals surface area contributed by atoms with Gasteiger partial charge in [0.05, 0.1) is 5.69 Å². The average molecular weight is 367 g/mol. The number of aromatic nitrogens is 2. The Labute approximate surface area is 162 Å². The highest BCUT2D eigenvalue weighted by Crippen LogP contribution is 2.16. The highest BCUT2D eigenvalue weighted by molar-refractivity contribution is 6.10. The number of rotatable bonds is 5. The molecule has 1 N–H and O–H groups in total. The van der Waals surface area contributed by atoms with E-state index in [2.05, 4.69) is 10.4 Å². The molecule has 1 heterocycles. The third-order valence-electron chi connectivity index (χ3n) is 4.32. The number of nitrogens with zero attached hydrogens (tertiary/aromatic N) is 2. The molecule has 4 aromatic rings. The Morgan fingerprint density at radius 3 is 2.21 bits per heavy atom. The van der Waals surface area contributed by atoms with Crippen molar-refractivity contribution in [2.24, 2.45) is 0 Å². The lowest BCUT2D eigenvalue weighted by molar-refractivity contribution is 0.102. The van der Waals surface area contributed by atoms with Gasteiger partial charge in [-0.3, -0.25) is 9.59 Å². The normalized spacial score (nSPS) is 10.4. The molecule has 0 aliphatic heterocycles. The molecular formula is C23H17N3O2. The first-order chi connectivity index (χ1) is 13.7. The van der Waals surface area contributed by atoms with Gasteiger partial charge in [-0.1, -0.05) is 42.5 Å². The van der Waals surface area contributed by atoms with E-state index in [1.54, 1.807) is 59.4 Å². The van der Waals surface area contributed by atoms with E-state index in [4.69, 9.17) is 0 Å². The van der Waals surface area contributed by atoms with E-state index < -0.39 is 0 Å². The maximum absolute atomic E-state index is 12.6. The monoisotopic (exact) mass is 367 g/mol. The van der Waals surface area contributed by atoms with E-state index in [-0.39, 0.29) is 11.7 Å². The van der Waals surface area contributed by atoms with E-state index >= 15 is 0 Å². The molecule has 28 heavy (non-hydrogen) atoms. The molecule has 0 spiro atoms. The van der Waals surface area contributed by atoms with Crippen molar-refractivity contribution in [2.45, 2.75) is 0 Å².